The number of aliphatic carboxylic acids is 1. The third kappa shape index (κ3) is 1.96. The van der Waals surface area contributed by atoms with E-state index in [-0.39, 0.29) is 0 Å². The molecule has 3 heteroatoms. The van der Waals surface area contributed by atoms with Gasteiger partial charge in [0.1, 0.15) is 5.75 Å². The van der Waals surface area contributed by atoms with Crippen molar-refractivity contribution in [3.8, 4) is 5.75 Å². The van der Waals surface area contributed by atoms with Crippen LogP contribution in [0.2, 0.25) is 0 Å². The van der Waals surface area contributed by atoms with Gasteiger partial charge < -0.3 is 9.84 Å². The number of ether oxygens (including phenoxy) is 1. The highest BCUT2D eigenvalue weighted by atomic mass is 16.5. The summed E-state index contributed by atoms with van der Waals surface area (Å²) < 4.78 is 5.17. The number of rotatable bonds is 3. The smallest absolute Gasteiger partial charge is 0.313 e. The highest BCUT2D eigenvalue weighted by Gasteiger charge is 2.31. The molecule has 3 nitrogen and oxygen atoms in total. The zero-order chi connectivity index (χ0) is 11.6. The van der Waals surface area contributed by atoms with Crippen LogP contribution < -0.4 is 4.74 Å². The Balaban J connectivity index is 3.32. The molecular weight excluding hydrogens is 192 g/mol. The van der Waals surface area contributed by atoms with Crippen molar-refractivity contribution in [2.45, 2.75) is 26.2 Å². The lowest BCUT2D eigenvalue weighted by Gasteiger charge is -2.23. The van der Waals surface area contributed by atoms with E-state index < -0.39 is 11.4 Å². The Morgan fingerprint density at radius 1 is 1.40 bits per heavy atom. The van der Waals surface area contributed by atoms with Gasteiger partial charge in [0, 0.05) is 0 Å². The van der Waals surface area contributed by atoms with E-state index in [0.717, 1.165) is 16.9 Å². The zero-order valence-corrected chi connectivity index (χ0v) is 9.50. The molecule has 0 aliphatic carbocycles. The van der Waals surface area contributed by atoms with Gasteiger partial charge in [0.25, 0.3) is 0 Å². The summed E-state index contributed by atoms with van der Waals surface area (Å²) in [4.78, 5) is 11.1. The van der Waals surface area contributed by atoms with Crippen molar-refractivity contribution in [2.24, 2.45) is 0 Å². The number of carboxylic acid groups (broad SMARTS) is 1. The van der Waals surface area contributed by atoms with Crippen LogP contribution in [0.3, 0.4) is 0 Å². The van der Waals surface area contributed by atoms with Gasteiger partial charge in [-0.15, -0.1) is 0 Å². The van der Waals surface area contributed by atoms with Crippen molar-refractivity contribution >= 4 is 5.97 Å². The molecule has 15 heavy (non-hydrogen) atoms. The summed E-state index contributed by atoms with van der Waals surface area (Å²) in [5, 5.41) is 9.14. The summed E-state index contributed by atoms with van der Waals surface area (Å²) in [6.45, 7) is 5.26. The average Bonchev–Trinajstić information content (AvgIpc) is 2.17. The topological polar surface area (TPSA) is 46.5 Å². The van der Waals surface area contributed by atoms with Crippen molar-refractivity contribution in [3.05, 3.63) is 29.3 Å². The lowest BCUT2D eigenvalue weighted by molar-refractivity contribution is -0.142. The van der Waals surface area contributed by atoms with Crippen molar-refractivity contribution in [2.75, 3.05) is 7.11 Å². The van der Waals surface area contributed by atoms with E-state index in [2.05, 4.69) is 0 Å². The number of hydrogen-bond acceptors (Lipinski definition) is 2. The van der Waals surface area contributed by atoms with E-state index >= 15 is 0 Å². The monoisotopic (exact) mass is 208 g/mol. The first-order valence-electron chi connectivity index (χ1n) is 4.78. The van der Waals surface area contributed by atoms with Gasteiger partial charge in [0.15, 0.2) is 0 Å². The minimum atomic E-state index is -0.890. The molecule has 1 aromatic rings. The third-order valence-electron chi connectivity index (χ3n) is 2.71. The first-order chi connectivity index (χ1) is 6.91. The van der Waals surface area contributed by atoms with Gasteiger partial charge in [-0.2, -0.15) is 0 Å². The zero-order valence-electron chi connectivity index (χ0n) is 9.50. The average molecular weight is 208 g/mol. The predicted octanol–water partition coefficient (Wildman–Crippen LogP) is 2.37. The SMILES string of the molecule is COc1cccc(C(C)(C)C(=O)O)c1C. The minimum absolute atomic E-state index is 0.724. The number of carbonyl (C=O) groups is 1. The van der Waals surface area contributed by atoms with E-state index in [1.807, 2.05) is 25.1 Å². The summed E-state index contributed by atoms with van der Waals surface area (Å²) in [7, 11) is 1.58. The van der Waals surface area contributed by atoms with Gasteiger partial charge in [-0.25, -0.2) is 0 Å². The number of hydrogen-bond donors (Lipinski definition) is 1. The first kappa shape index (κ1) is 11.6. The molecular formula is C12H16O3. The number of methoxy groups -OCH3 is 1. The van der Waals surface area contributed by atoms with Crippen LogP contribution in [0.4, 0.5) is 0 Å². The molecule has 0 spiro atoms. The van der Waals surface area contributed by atoms with Crippen LogP contribution in [0, 0.1) is 6.92 Å². The second kappa shape index (κ2) is 3.93. The Morgan fingerprint density at radius 3 is 2.47 bits per heavy atom. The number of benzene rings is 1. The summed E-state index contributed by atoms with van der Waals surface area (Å²) in [5.41, 5.74) is 0.778. The molecule has 0 aliphatic rings. The largest absolute Gasteiger partial charge is 0.496 e. The Bertz CT molecular complexity index is 380. The van der Waals surface area contributed by atoms with Crippen LogP contribution in [-0.2, 0) is 10.2 Å². The highest BCUT2D eigenvalue weighted by molar-refractivity contribution is 5.81. The molecule has 0 saturated heterocycles. The molecule has 0 atom stereocenters. The quantitative estimate of drug-likeness (QED) is 0.829. The van der Waals surface area contributed by atoms with Gasteiger partial charge in [0.2, 0.25) is 0 Å². The van der Waals surface area contributed by atoms with Crippen LogP contribution in [0.15, 0.2) is 18.2 Å². The fourth-order valence-corrected chi connectivity index (χ4v) is 1.63. The second-order valence-electron chi connectivity index (χ2n) is 4.06. The van der Waals surface area contributed by atoms with Crippen LogP contribution in [0.5, 0.6) is 5.75 Å². The molecule has 0 bridgehead atoms. The summed E-state index contributed by atoms with van der Waals surface area (Å²) >= 11 is 0. The van der Waals surface area contributed by atoms with Crippen LogP contribution in [0.25, 0.3) is 0 Å². The van der Waals surface area contributed by atoms with E-state index in [1.165, 1.54) is 0 Å². The lowest BCUT2D eigenvalue weighted by Crippen LogP contribution is -2.29. The van der Waals surface area contributed by atoms with Crippen LogP contribution >= 0.6 is 0 Å². The minimum Gasteiger partial charge on any atom is -0.496 e. The molecule has 1 N–H and O–H groups in total. The van der Waals surface area contributed by atoms with E-state index in [1.54, 1.807) is 21.0 Å². The Labute approximate surface area is 89.7 Å². The summed E-state index contributed by atoms with van der Waals surface area (Å²) in [5.74, 6) is -0.110. The predicted molar refractivity (Wildman–Crippen MR) is 58.4 cm³/mol. The molecule has 0 unspecified atom stereocenters. The van der Waals surface area contributed by atoms with Crippen molar-refractivity contribution < 1.29 is 14.6 Å². The summed E-state index contributed by atoms with van der Waals surface area (Å²) in [6, 6.07) is 5.47. The van der Waals surface area contributed by atoms with E-state index in [0.29, 0.717) is 0 Å². The maximum atomic E-state index is 11.1. The van der Waals surface area contributed by atoms with Crippen LogP contribution in [0.1, 0.15) is 25.0 Å². The Kier molecular flexibility index (Phi) is 3.03. The van der Waals surface area contributed by atoms with Crippen molar-refractivity contribution in [1.29, 1.82) is 0 Å². The molecule has 0 aromatic heterocycles. The lowest BCUT2D eigenvalue weighted by atomic mass is 9.82. The standard InChI is InChI=1S/C12H16O3/c1-8-9(12(2,3)11(13)14)6-5-7-10(8)15-4/h5-7H,1-4H3,(H,13,14). The third-order valence-corrected chi connectivity index (χ3v) is 2.71. The molecule has 82 valence electrons. The summed E-state index contributed by atoms with van der Waals surface area (Å²) in [6.07, 6.45) is 0. The Morgan fingerprint density at radius 2 is 2.00 bits per heavy atom. The van der Waals surface area contributed by atoms with E-state index in [9.17, 15) is 4.79 Å². The van der Waals surface area contributed by atoms with Gasteiger partial charge in [0.05, 0.1) is 12.5 Å². The molecule has 0 aliphatic heterocycles. The van der Waals surface area contributed by atoms with Crippen LogP contribution in [-0.4, -0.2) is 18.2 Å². The first-order valence-corrected chi connectivity index (χ1v) is 4.78. The van der Waals surface area contributed by atoms with Gasteiger partial charge in [-0.1, -0.05) is 12.1 Å². The fourth-order valence-electron chi connectivity index (χ4n) is 1.63. The molecule has 0 heterocycles. The normalized spacial score (nSPS) is 11.2. The van der Waals surface area contributed by atoms with Crippen molar-refractivity contribution in [1.82, 2.24) is 0 Å². The van der Waals surface area contributed by atoms with Gasteiger partial charge in [-0.3, -0.25) is 4.79 Å². The maximum Gasteiger partial charge on any atom is 0.313 e. The second-order valence-corrected chi connectivity index (χ2v) is 4.06. The van der Waals surface area contributed by atoms with Gasteiger partial charge >= 0.3 is 5.97 Å². The molecule has 1 rings (SSSR count). The number of carboxylic acids is 1. The molecule has 1 aromatic carbocycles. The fraction of sp³-hybridized carbons (Fsp3) is 0.417. The molecule has 0 fully saturated rings. The van der Waals surface area contributed by atoms with Crippen molar-refractivity contribution in [3.63, 3.8) is 0 Å². The highest BCUT2D eigenvalue weighted by Crippen LogP contribution is 2.31. The molecule has 0 radical (unpaired) electrons. The molecule has 0 saturated carbocycles. The Hall–Kier alpha value is -1.51. The molecule has 0 amide bonds. The van der Waals surface area contributed by atoms with E-state index in [4.69, 9.17) is 9.84 Å². The van der Waals surface area contributed by atoms with Gasteiger partial charge in [-0.05, 0) is 38.0 Å². The maximum absolute atomic E-state index is 11.1.